The fraction of sp³-hybridized carbons (Fsp3) is 0.357. The van der Waals surface area contributed by atoms with Crippen LogP contribution in [0.15, 0.2) is 29.9 Å². The maximum Gasteiger partial charge on any atom is 0.322 e. The van der Waals surface area contributed by atoms with Crippen LogP contribution in [0, 0.1) is 0 Å². The first-order chi connectivity index (χ1) is 10.8. The number of aromatic nitrogens is 2. The molecule has 0 bridgehead atoms. The van der Waals surface area contributed by atoms with Crippen molar-refractivity contribution in [3.8, 4) is 5.88 Å². The number of thiazole rings is 1. The molecule has 1 N–H and O–H groups in total. The predicted molar refractivity (Wildman–Crippen MR) is 85.7 cm³/mol. The first kappa shape index (κ1) is 14.6. The Hall–Kier alpha value is -2.35. The SMILES string of the molecule is COc1ccc(NC(=O)N2CCN(c3nccs3)CC2)cn1. The number of methoxy groups -OCH3 is 1. The van der Waals surface area contributed by atoms with Gasteiger partial charge < -0.3 is 19.9 Å². The van der Waals surface area contributed by atoms with Gasteiger partial charge in [0.2, 0.25) is 5.88 Å². The van der Waals surface area contributed by atoms with Crippen molar-refractivity contribution in [3.05, 3.63) is 29.9 Å². The summed E-state index contributed by atoms with van der Waals surface area (Å²) >= 11 is 1.62. The van der Waals surface area contributed by atoms with E-state index in [0.717, 1.165) is 18.2 Å². The van der Waals surface area contributed by atoms with Gasteiger partial charge in [0.25, 0.3) is 0 Å². The highest BCUT2D eigenvalue weighted by Crippen LogP contribution is 2.19. The lowest BCUT2D eigenvalue weighted by Crippen LogP contribution is -2.50. The minimum absolute atomic E-state index is 0.106. The average molecular weight is 319 g/mol. The number of urea groups is 1. The average Bonchev–Trinajstić information content (AvgIpc) is 3.10. The summed E-state index contributed by atoms with van der Waals surface area (Å²) in [6.07, 6.45) is 3.39. The second-order valence-electron chi connectivity index (χ2n) is 4.81. The number of hydrogen-bond donors (Lipinski definition) is 1. The van der Waals surface area contributed by atoms with Gasteiger partial charge >= 0.3 is 6.03 Å². The van der Waals surface area contributed by atoms with Crippen LogP contribution in [-0.4, -0.2) is 54.2 Å². The summed E-state index contributed by atoms with van der Waals surface area (Å²) in [5, 5.41) is 5.83. The summed E-state index contributed by atoms with van der Waals surface area (Å²) in [5.74, 6) is 0.523. The Morgan fingerprint density at radius 1 is 1.27 bits per heavy atom. The molecular weight excluding hydrogens is 302 g/mol. The summed E-state index contributed by atoms with van der Waals surface area (Å²) in [6.45, 7) is 2.94. The number of pyridine rings is 1. The monoisotopic (exact) mass is 319 g/mol. The zero-order valence-electron chi connectivity index (χ0n) is 12.2. The Bertz CT molecular complexity index is 609. The number of carbonyl (C=O) groups excluding carboxylic acids is 1. The van der Waals surface area contributed by atoms with Crippen LogP contribution in [0.25, 0.3) is 0 Å². The molecule has 0 aromatic carbocycles. The quantitative estimate of drug-likeness (QED) is 0.935. The molecule has 1 fully saturated rings. The maximum absolute atomic E-state index is 12.2. The first-order valence-corrected chi connectivity index (χ1v) is 7.84. The third kappa shape index (κ3) is 3.28. The molecule has 1 aliphatic heterocycles. The van der Waals surface area contributed by atoms with Gasteiger partial charge in [-0.05, 0) is 6.07 Å². The van der Waals surface area contributed by atoms with Crippen molar-refractivity contribution in [2.45, 2.75) is 0 Å². The van der Waals surface area contributed by atoms with E-state index in [1.54, 1.807) is 47.9 Å². The molecule has 2 aromatic rings. The third-order valence-electron chi connectivity index (χ3n) is 3.45. The van der Waals surface area contributed by atoms with Gasteiger partial charge in [-0.25, -0.2) is 14.8 Å². The highest BCUT2D eigenvalue weighted by Gasteiger charge is 2.22. The van der Waals surface area contributed by atoms with Crippen LogP contribution in [-0.2, 0) is 0 Å². The zero-order chi connectivity index (χ0) is 15.4. The van der Waals surface area contributed by atoms with Crippen LogP contribution in [0.3, 0.4) is 0 Å². The van der Waals surface area contributed by atoms with Gasteiger partial charge in [-0.2, -0.15) is 0 Å². The summed E-state index contributed by atoms with van der Waals surface area (Å²) in [4.78, 5) is 24.6. The van der Waals surface area contributed by atoms with E-state index in [4.69, 9.17) is 4.74 Å². The van der Waals surface area contributed by atoms with E-state index in [1.807, 2.05) is 5.38 Å². The van der Waals surface area contributed by atoms with Crippen molar-refractivity contribution in [1.82, 2.24) is 14.9 Å². The molecule has 0 saturated carbocycles. The Labute approximate surface area is 132 Å². The Morgan fingerprint density at radius 2 is 2.09 bits per heavy atom. The second kappa shape index (κ2) is 6.61. The molecule has 1 saturated heterocycles. The molecule has 0 spiro atoms. The van der Waals surface area contributed by atoms with E-state index in [-0.39, 0.29) is 6.03 Å². The van der Waals surface area contributed by atoms with Gasteiger partial charge in [0.1, 0.15) is 0 Å². The number of anilines is 2. The van der Waals surface area contributed by atoms with Gasteiger partial charge in [-0.3, -0.25) is 0 Å². The highest BCUT2D eigenvalue weighted by atomic mass is 32.1. The normalized spacial score (nSPS) is 14.8. The van der Waals surface area contributed by atoms with E-state index in [9.17, 15) is 4.79 Å². The number of hydrogen-bond acceptors (Lipinski definition) is 6. The molecule has 0 unspecified atom stereocenters. The largest absolute Gasteiger partial charge is 0.481 e. The molecule has 22 heavy (non-hydrogen) atoms. The predicted octanol–water partition coefficient (Wildman–Crippen LogP) is 1.90. The molecule has 1 aliphatic rings. The lowest BCUT2D eigenvalue weighted by Gasteiger charge is -2.34. The van der Waals surface area contributed by atoms with Crippen LogP contribution in [0.5, 0.6) is 5.88 Å². The zero-order valence-corrected chi connectivity index (χ0v) is 13.0. The van der Waals surface area contributed by atoms with Crippen molar-refractivity contribution in [2.75, 3.05) is 43.5 Å². The van der Waals surface area contributed by atoms with Crippen LogP contribution >= 0.6 is 11.3 Å². The molecule has 7 nitrogen and oxygen atoms in total. The Kier molecular flexibility index (Phi) is 4.38. The molecule has 2 aromatic heterocycles. The molecular formula is C14H17N5O2S. The number of nitrogens with one attached hydrogen (secondary N) is 1. The second-order valence-corrected chi connectivity index (χ2v) is 5.68. The molecule has 116 valence electrons. The number of amides is 2. The maximum atomic E-state index is 12.2. The van der Waals surface area contributed by atoms with E-state index in [1.165, 1.54) is 0 Å². The Balaban J connectivity index is 1.53. The van der Waals surface area contributed by atoms with Crippen molar-refractivity contribution in [3.63, 3.8) is 0 Å². The Morgan fingerprint density at radius 3 is 2.68 bits per heavy atom. The lowest BCUT2D eigenvalue weighted by atomic mass is 10.3. The molecule has 3 heterocycles. The van der Waals surface area contributed by atoms with Crippen LogP contribution in [0.2, 0.25) is 0 Å². The number of piperazine rings is 1. The summed E-state index contributed by atoms with van der Waals surface area (Å²) in [6, 6.07) is 3.39. The van der Waals surface area contributed by atoms with Crippen molar-refractivity contribution in [2.24, 2.45) is 0 Å². The van der Waals surface area contributed by atoms with Gasteiger partial charge in [0.05, 0.1) is 19.0 Å². The first-order valence-electron chi connectivity index (χ1n) is 6.96. The minimum Gasteiger partial charge on any atom is -0.481 e. The lowest BCUT2D eigenvalue weighted by molar-refractivity contribution is 0.208. The van der Waals surface area contributed by atoms with Gasteiger partial charge in [0, 0.05) is 43.8 Å². The molecule has 8 heteroatoms. The summed E-state index contributed by atoms with van der Waals surface area (Å²) < 4.78 is 4.99. The smallest absolute Gasteiger partial charge is 0.322 e. The van der Waals surface area contributed by atoms with Crippen molar-refractivity contribution >= 4 is 28.2 Å². The molecule has 0 atom stereocenters. The van der Waals surface area contributed by atoms with E-state index >= 15 is 0 Å². The van der Waals surface area contributed by atoms with Gasteiger partial charge in [-0.1, -0.05) is 0 Å². The molecule has 2 amide bonds. The fourth-order valence-corrected chi connectivity index (χ4v) is 2.95. The fourth-order valence-electron chi connectivity index (χ4n) is 2.25. The topological polar surface area (TPSA) is 70.6 Å². The van der Waals surface area contributed by atoms with E-state index < -0.39 is 0 Å². The highest BCUT2D eigenvalue weighted by molar-refractivity contribution is 7.13. The standard InChI is InChI=1S/C14H17N5O2S/c1-21-12-3-2-11(10-16-12)17-13(20)18-5-7-19(8-6-18)14-15-4-9-22-14/h2-4,9-10H,5-8H2,1H3,(H,17,20). The minimum atomic E-state index is -0.106. The van der Waals surface area contributed by atoms with Crippen LogP contribution < -0.4 is 15.0 Å². The van der Waals surface area contributed by atoms with E-state index in [0.29, 0.717) is 24.7 Å². The summed E-state index contributed by atoms with van der Waals surface area (Å²) in [5.41, 5.74) is 0.660. The third-order valence-corrected chi connectivity index (χ3v) is 4.29. The number of ether oxygens (including phenoxy) is 1. The number of nitrogens with zero attached hydrogens (tertiary/aromatic N) is 4. The summed E-state index contributed by atoms with van der Waals surface area (Å²) in [7, 11) is 1.56. The van der Waals surface area contributed by atoms with E-state index in [2.05, 4.69) is 20.2 Å². The number of rotatable bonds is 3. The molecule has 0 aliphatic carbocycles. The van der Waals surface area contributed by atoms with Crippen LogP contribution in [0.1, 0.15) is 0 Å². The van der Waals surface area contributed by atoms with Gasteiger partial charge in [-0.15, -0.1) is 11.3 Å². The van der Waals surface area contributed by atoms with Crippen LogP contribution in [0.4, 0.5) is 15.6 Å². The number of carbonyl (C=O) groups is 1. The van der Waals surface area contributed by atoms with Crippen molar-refractivity contribution in [1.29, 1.82) is 0 Å². The molecule has 0 radical (unpaired) electrons. The molecule has 3 rings (SSSR count). The van der Waals surface area contributed by atoms with Gasteiger partial charge in [0.15, 0.2) is 5.13 Å². The van der Waals surface area contributed by atoms with Crippen molar-refractivity contribution < 1.29 is 9.53 Å².